The first-order chi connectivity index (χ1) is 9.32. The quantitative estimate of drug-likeness (QED) is 0.885. The summed E-state index contributed by atoms with van der Waals surface area (Å²) in [5, 5.41) is 20.1. The largest absolute Gasteiger partial charge is 0.506 e. The Hall–Kier alpha value is -1.14. The van der Waals surface area contributed by atoms with Gasteiger partial charge in [-0.2, -0.15) is 0 Å². The van der Waals surface area contributed by atoms with Crippen LogP contribution in [0, 0.1) is 5.82 Å². The molecule has 1 aliphatic carbocycles. The van der Waals surface area contributed by atoms with E-state index in [2.05, 4.69) is 15.9 Å². The number of phenols is 1. The van der Waals surface area contributed by atoms with Gasteiger partial charge in [0.15, 0.2) is 0 Å². The fourth-order valence-electron chi connectivity index (χ4n) is 2.64. The van der Waals surface area contributed by atoms with Gasteiger partial charge in [-0.25, -0.2) is 4.39 Å². The third kappa shape index (κ3) is 3.12. The van der Waals surface area contributed by atoms with E-state index in [4.69, 9.17) is 0 Å². The van der Waals surface area contributed by atoms with E-state index in [1.54, 1.807) is 0 Å². The van der Waals surface area contributed by atoms with E-state index in [1.807, 2.05) is 0 Å². The molecule has 110 valence electrons. The minimum Gasteiger partial charge on any atom is -0.506 e. The number of aromatic hydroxyl groups is 1. The number of benzene rings is 1. The molecule has 2 N–H and O–H groups in total. The van der Waals surface area contributed by atoms with Crippen LogP contribution in [-0.4, -0.2) is 40.2 Å². The number of amides is 1. The van der Waals surface area contributed by atoms with Crippen LogP contribution >= 0.6 is 15.9 Å². The fourth-order valence-corrected chi connectivity index (χ4v) is 3.07. The van der Waals surface area contributed by atoms with Gasteiger partial charge < -0.3 is 15.1 Å². The normalized spacial score (nSPS) is 17.2. The van der Waals surface area contributed by atoms with Crippen LogP contribution in [0.4, 0.5) is 4.39 Å². The summed E-state index contributed by atoms with van der Waals surface area (Å²) >= 11 is 3.00. The number of nitrogens with zero attached hydrogens (tertiary/aromatic N) is 1. The molecule has 1 aromatic rings. The number of halogens is 2. The molecule has 0 spiro atoms. The molecular weight excluding hydrogens is 329 g/mol. The summed E-state index contributed by atoms with van der Waals surface area (Å²) in [5.74, 6) is -1.41. The van der Waals surface area contributed by atoms with Crippen LogP contribution in [0.3, 0.4) is 0 Å². The molecular formula is C14H17BrFNO3. The third-order valence-corrected chi connectivity index (χ3v) is 4.28. The smallest absolute Gasteiger partial charge is 0.257 e. The van der Waals surface area contributed by atoms with E-state index in [1.165, 1.54) is 11.9 Å². The highest BCUT2D eigenvalue weighted by atomic mass is 79.9. The highest BCUT2D eigenvalue weighted by molar-refractivity contribution is 9.10. The van der Waals surface area contributed by atoms with Crippen LogP contribution < -0.4 is 0 Å². The van der Waals surface area contributed by atoms with E-state index in [-0.39, 0.29) is 22.3 Å². The molecule has 1 fully saturated rings. The van der Waals surface area contributed by atoms with Crippen LogP contribution in [0.5, 0.6) is 5.75 Å². The summed E-state index contributed by atoms with van der Waals surface area (Å²) in [6.07, 6.45) is 3.19. The second kappa shape index (κ2) is 5.69. The second-order valence-electron chi connectivity index (χ2n) is 5.38. The minimum absolute atomic E-state index is 0.110. The fraction of sp³-hybridized carbons (Fsp3) is 0.500. The van der Waals surface area contributed by atoms with Crippen molar-refractivity contribution in [2.45, 2.75) is 31.3 Å². The molecule has 0 bridgehead atoms. The predicted molar refractivity (Wildman–Crippen MR) is 76.1 cm³/mol. The van der Waals surface area contributed by atoms with Gasteiger partial charge in [0.1, 0.15) is 11.6 Å². The first-order valence-electron chi connectivity index (χ1n) is 6.48. The number of aliphatic hydroxyl groups is 1. The zero-order valence-electron chi connectivity index (χ0n) is 11.2. The Kier molecular flexibility index (Phi) is 4.34. The average molecular weight is 346 g/mol. The monoisotopic (exact) mass is 345 g/mol. The summed E-state index contributed by atoms with van der Waals surface area (Å²) in [6, 6.07) is 2.09. The van der Waals surface area contributed by atoms with Crippen LogP contribution in [-0.2, 0) is 0 Å². The number of phenolic OH excluding ortho intramolecular Hbond substituents is 1. The van der Waals surface area contributed by atoms with Crippen LogP contribution in [0.2, 0.25) is 0 Å². The lowest BCUT2D eigenvalue weighted by atomic mass is 10.0. The molecule has 0 heterocycles. The Morgan fingerprint density at radius 3 is 2.65 bits per heavy atom. The first kappa shape index (κ1) is 15.3. The topological polar surface area (TPSA) is 60.8 Å². The van der Waals surface area contributed by atoms with E-state index in [9.17, 15) is 19.4 Å². The number of rotatable bonds is 3. The van der Waals surface area contributed by atoms with Crippen LogP contribution in [0.1, 0.15) is 36.0 Å². The number of carbonyl (C=O) groups excluding carboxylic acids is 1. The second-order valence-corrected chi connectivity index (χ2v) is 6.23. The standard InChI is InChI=1S/C14H17BrFNO3/c1-17(8-14(20)4-2-3-5-14)13(19)10-6-9(16)7-11(15)12(10)18/h6-7,18,20H,2-5,8H2,1H3. The lowest BCUT2D eigenvalue weighted by Gasteiger charge is -2.28. The van der Waals surface area contributed by atoms with E-state index < -0.39 is 17.3 Å². The molecule has 1 amide bonds. The molecule has 1 aromatic carbocycles. The first-order valence-corrected chi connectivity index (χ1v) is 7.27. The Labute approximate surface area is 125 Å². The van der Waals surface area contributed by atoms with Gasteiger partial charge in [0.25, 0.3) is 5.91 Å². The van der Waals surface area contributed by atoms with Crippen LogP contribution in [0.25, 0.3) is 0 Å². The molecule has 1 saturated carbocycles. The molecule has 2 rings (SSSR count). The maximum Gasteiger partial charge on any atom is 0.257 e. The summed E-state index contributed by atoms with van der Waals surface area (Å²) in [6.45, 7) is 0.180. The van der Waals surface area contributed by atoms with Crippen molar-refractivity contribution in [3.63, 3.8) is 0 Å². The molecule has 0 aliphatic heterocycles. The van der Waals surface area contributed by atoms with Crippen molar-refractivity contribution in [2.24, 2.45) is 0 Å². The lowest BCUT2D eigenvalue weighted by Crippen LogP contribution is -2.42. The molecule has 0 unspecified atom stereocenters. The summed E-state index contributed by atoms with van der Waals surface area (Å²) in [5.41, 5.74) is -0.981. The van der Waals surface area contributed by atoms with Gasteiger partial charge in [0.05, 0.1) is 15.6 Å². The molecule has 4 nitrogen and oxygen atoms in total. The lowest BCUT2D eigenvalue weighted by molar-refractivity contribution is 0.0155. The summed E-state index contributed by atoms with van der Waals surface area (Å²) in [7, 11) is 1.54. The Balaban J connectivity index is 2.18. The minimum atomic E-state index is -0.870. The number of likely N-dealkylation sites (N-methyl/N-ethyl adjacent to an activating group) is 1. The summed E-state index contributed by atoms with van der Waals surface area (Å²) < 4.78 is 13.5. The van der Waals surface area contributed by atoms with Gasteiger partial charge in [-0.15, -0.1) is 0 Å². The van der Waals surface area contributed by atoms with E-state index in [0.717, 1.165) is 25.0 Å². The molecule has 0 aromatic heterocycles. The SMILES string of the molecule is CN(CC1(O)CCCC1)C(=O)c1cc(F)cc(Br)c1O. The maximum atomic E-state index is 13.4. The molecule has 0 saturated heterocycles. The Bertz CT molecular complexity index is 529. The van der Waals surface area contributed by atoms with E-state index in [0.29, 0.717) is 12.8 Å². The molecule has 1 aliphatic rings. The van der Waals surface area contributed by atoms with Crippen molar-refractivity contribution >= 4 is 21.8 Å². The summed E-state index contributed by atoms with van der Waals surface area (Å²) in [4.78, 5) is 13.6. The average Bonchev–Trinajstić information content (AvgIpc) is 2.79. The Morgan fingerprint density at radius 2 is 2.05 bits per heavy atom. The van der Waals surface area contributed by atoms with Gasteiger partial charge in [-0.3, -0.25) is 4.79 Å². The van der Waals surface area contributed by atoms with Gasteiger partial charge in [-0.1, -0.05) is 12.8 Å². The number of hydrogen-bond donors (Lipinski definition) is 2. The maximum absolute atomic E-state index is 13.4. The molecule has 6 heteroatoms. The molecule has 20 heavy (non-hydrogen) atoms. The number of hydrogen-bond acceptors (Lipinski definition) is 3. The van der Waals surface area contributed by atoms with Gasteiger partial charge in [0.2, 0.25) is 0 Å². The highest BCUT2D eigenvalue weighted by Crippen LogP contribution is 2.32. The van der Waals surface area contributed by atoms with Crippen molar-refractivity contribution in [2.75, 3.05) is 13.6 Å². The van der Waals surface area contributed by atoms with Crippen molar-refractivity contribution in [1.29, 1.82) is 0 Å². The highest BCUT2D eigenvalue weighted by Gasteiger charge is 2.34. The molecule has 0 radical (unpaired) electrons. The van der Waals surface area contributed by atoms with Gasteiger partial charge in [-0.05, 0) is 40.9 Å². The zero-order chi connectivity index (χ0) is 14.9. The Morgan fingerprint density at radius 1 is 1.45 bits per heavy atom. The molecule has 0 atom stereocenters. The van der Waals surface area contributed by atoms with E-state index >= 15 is 0 Å². The zero-order valence-corrected chi connectivity index (χ0v) is 12.8. The van der Waals surface area contributed by atoms with Gasteiger partial charge >= 0.3 is 0 Å². The van der Waals surface area contributed by atoms with Crippen LogP contribution in [0.15, 0.2) is 16.6 Å². The van der Waals surface area contributed by atoms with Crippen molar-refractivity contribution in [1.82, 2.24) is 4.90 Å². The van der Waals surface area contributed by atoms with Crippen molar-refractivity contribution in [3.8, 4) is 5.75 Å². The third-order valence-electron chi connectivity index (χ3n) is 3.67. The van der Waals surface area contributed by atoms with Crippen molar-refractivity contribution in [3.05, 3.63) is 28.0 Å². The van der Waals surface area contributed by atoms with Crippen molar-refractivity contribution < 1.29 is 19.4 Å². The van der Waals surface area contributed by atoms with Gasteiger partial charge in [0, 0.05) is 13.6 Å². The predicted octanol–water partition coefficient (Wildman–Crippen LogP) is 2.67. The number of carbonyl (C=O) groups is 1.